The molecule has 1 aliphatic rings. The maximum atomic E-state index is 11.3. The first-order valence-corrected chi connectivity index (χ1v) is 10.1. The van der Waals surface area contributed by atoms with Gasteiger partial charge in [0, 0.05) is 59.8 Å². The van der Waals surface area contributed by atoms with Crippen LogP contribution in [-0.2, 0) is 4.79 Å². The van der Waals surface area contributed by atoms with Crippen LogP contribution in [0.25, 0.3) is 0 Å². The maximum absolute atomic E-state index is 11.3. The molecule has 146 valence electrons. The predicted octanol–water partition coefficient (Wildman–Crippen LogP) is 2.07. The minimum absolute atomic E-state index is 0.188. The Labute approximate surface area is 154 Å². The number of unbranched alkanes of at least 4 members (excludes halogenated alkanes) is 6. The minimum Gasteiger partial charge on any atom is -0.356 e. The lowest BCUT2D eigenvalue weighted by atomic mass is 10.1. The summed E-state index contributed by atoms with van der Waals surface area (Å²) >= 11 is 0. The standard InChI is InChI=1S/C19H39N5O/c1-4-5-6-7-8-9-10-11-21-19(20-3)22-12-13-23-14-16-24(17-15-23)18(2)25/h4-17H2,1-3H3,(H2,20,21,22). The molecular formula is C19H39N5O. The van der Waals surface area contributed by atoms with Crippen LogP contribution in [0.2, 0.25) is 0 Å². The third kappa shape index (κ3) is 10.3. The molecule has 0 aromatic carbocycles. The number of carbonyl (C=O) groups is 1. The Balaban J connectivity index is 2.00. The average molecular weight is 354 g/mol. The number of guanidine groups is 1. The monoisotopic (exact) mass is 353 g/mol. The molecule has 1 rings (SSSR count). The van der Waals surface area contributed by atoms with Crippen molar-refractivity contribution in [1.82, 2.24) is 20.4 Å². The van der Waals surface area contributed by atoms with E-state index in [1.165, 1.54) is 44.9 Å². The van der Waals surface area contributed by atoms with E-state index in [0.29, 0.717) is 0 Å². The van der Waals surface area contributed by atoms with E-state index in [4.69, 9.17) is 0 Å². The van der Waals surface area contributed by atoms with Gasteiger partial charge in [-0.15, -0.1) is 0 Å². The zero-order valence-electron chi connectivity index (χ0n) is 16.6. The Kier molecular flexibility index (Phi) is 12.1. The van der Waals surface area contributed by atoms with Crippen molar-refractivity contribution in [3.05, 3.63) is 0 Å². The van der Waals surface area contributed by atoms with Gasteiger partial charge in [-0.2, -0.15) is 0 Å². The van der Waals surface area contributed by atoms with Gasteiger partial charge in [0.25, 0.3) is 0 Å². The number of nitrogens with one attached hydrogen (secondary N) is 2. The predicted molar refractivity (Wildman–Crippen MR) is 106 cm³/mol. The normalized spacial score (nSPS) is 16.1. The Morgan fingerprint density at radius 3 is 2.12 bits per heavy atom. The first kappa shape index (κ1) is 21.7. The van der Waals surface area contributed by atoms with Crippen molar-refractivity contribution in [2.75, 3.05) is 52.9 Å². The van der Waals surface area contributed by atoms with Crippen LogP contribution in [0, 0.1) is 0 Å². The Morgan fingerprint density at radius 1 is 0.920 bits per heavy atom. The molecule has 2 N–H and O–H groups in total. The summed E-state index contributed by atoms with van der Waals surface area (Å²) in [6, 6.07) is 0. The molecular weight excluding hydrogens is 314 g/mol. The molecule has 0 aliphatic carbocycles. The Bertz CT molecular complexity index is 378. The van der Waals surface area contributed by atoms with Gasteiger partial charge in [0.1, 0.15) is 0 Å². The van der Waals surface area contributed by atoms with Crippen LogP contribution in [-0.4, -0.2) is 74.5 Å². The number of hydrogen-bond donors (Lipinski definition) is 2. The van der Waals surface area contributed by atoms with Crippen LogP contribution >= 0.6 is 0 Å². The van der Waals surface area contributed by atoms with Crippen LogP contribution in [0.4, 0.5) is 0 Å². The number of carbonyl (C=O) groups excluding carboxylic acids is 1. The number of piperazine rings is 1. The van der Waals surface area contributed by atoms with Crippen LogP contribution in [0.5, 0.6) is 0 Å². The van der Waals surface area contributed by atoms with Gasteiger partial charge < -0.3 is 15.5 Å². The van der Waals surface area contributed by atoms with Gasteiger partial charge in [0.2, 0.25) is 5.91 Å². The van der Waals surface area contributed by atoms with Gasteiger partial charge in [-0.1, -0.05) is 45.4 Å². The van der Waals surface area contributed by atoms with E-state index in [1.54, 1.807) is 6.92 Å². The zero-order valence-corrected chi connectivity index (χ0v) is 16.6. The summed E-state index contributed by atoms with van der Waals surface area (Å²) in [6.07, 6.45) is 9.30. The summed E-state index contributed by atoms with van der Waals surface area (Å²) in [5.41, 5.74) is 0. The fraction of sp³-hybridized carbons (Fsp3) is 0.895. The molecule has 0 radical (unpaired) electrons. The molecule has 0 atom stereocenters. The van der Waals surface area contributed by atoms with Crippen molar-refractivity contribution in [3.8, 4) is 0 Å². The van der Waals surface area contributed by atoms with Crippen molar-refractivity contribution in [2.24, 2.45) is 4.99 Å². The molecule has 25 heavy (non-hydrogen) atoms. The lowest BCUT2D eigenvalue weighted by molar-refractivity contribution is -0.130. The Morgan fingerprint density at radius 2 is 1.52 bits per heavy atom. The second-order valence-electron chi connectivity index (χ2n) is 6.89. The second kappa shape index (κ2) is 13.9. The zero-order chi connectivity index (χ0) is 18.3. The number of nitrogens with zero attached hydrogens (tertiary/aromatic N) is 3. The van der Waals surface area contributed by atoms with Gasteiger partial charge >= 0.3 is 0 Å². The van der Waals surface area contributed by atoms with Crippen molar-refractivity contribution < 1.29 is 4.79 Å². The molecule has 1 aliphatic heterocycles. The highest BCUT2D eigenvalue weighted by Gasteiger charge is 2.17. The van der Waals surface area contributed by atoms with E-state index in [9.17, 15) is 4.79 Å². The first-order valence-electron chi connectivity index (χ1n) is 10.1. The molecule has 0 aromatic rings. The summed E-state index contributed by atoms with van der Waals surface area (Å²) in [5.74, 6) is 1.08. The fourth-order valence-corrected chi connectivity index (χ4v) is 3.13. The topological polar surface area (TPSA) is 60.0 Å². The van der Waals surface area contributed by atoms with Crippen molar-refractivity contribution in [1.29, 1.82) is 0 Å². The molecule has 0 aromatic heterocycles. The van der Waals surface area contributed by atoms with E-state index in [0.717, 1.165) is 51.8 Å². The molecule has 0 unspecified atom stereocenters. The summed E-state index contributed by atoms with van der Waals surface area (Å²) in [4.78, 5) is 19.9. The first-order chi connectivity index (χ1) is 12.2. The lowest BCUT2D eigenvalue weighted by Crippen LogP contribution is -2.50. The maximum Gasteiger partial charge on any atom is 0.219 e. The van der Waals surface area contributed by atoms with Gasteiger partial charge in [-0.25, -0.2) is 0 Å². The quantitative estimate of drug-likeness (QED) is 0.339. The van der Waals surface area contributed by atoms with Crippen LogP contribution in [0.3, 0.4) is 0 Å². The van der Waals surface area contributed by atoms with Gasteiger partial charge in [-0.05, 0) is 6.42 Å². The van der Waals surface area contributed by atoms with E-state index in [-0.39, 0.29) is 5.91 Å². The third-order valence-electron chi connectivity index (χ3n) is 4.83. The van der Waals surface area contributed by atoms with Gasteiger partial charge in [0.05, 0.1) is 0 Å². The lowest BCUT2D eigenvalue weighted by Gasteiger charge is -2.34. The molecule has 1 saturated heterocycles. The van der Waals surface area contributed by atoms with Crippen LogP contribution in [0.15, 0.2) is 4.99 Å². The van der Waals surface area contributed by atoms with Gasteiger partial charge in [-0.3, -0.25) is 14.7 Å². The molecule has 0 bridgehead atoms. The summed E-state index contributed by atoms with van der Waals surface area (Å²) in [5, 5.41) is 6.78. The third-order valence-corrected chi connectivity index (χ3v) is 4.83. The number of rotatable bonds is 11. The SMILES string of the molecule is CCCCCCCCCNC(=NC)NCCN1CCN(C(C)=O)CC1. The molecule has 1 heterocycles. The van der Waals surface area contributed by atoms with E-state index in [1.807, 2.05) is 11.9 Å². The average Bonchev–Trinajstić information content (AvgIpc) is 2.62. The highest BCUT2D eigenvalue weighted by Crippen LogP contribution is 2.06. The minimum atomic E-state index is 0.188. The van der Waals surface area contributed by atoms with Crippen molar-refractivity contribution >= 4 is 11.9 Å². The van der Waals surface area contributed by atoms with E-state index >= 15 is 0 Å². The fourth-order valence-electron chi connectivity index (χ4n) is 3.13. The number of hydrogen-bond acceptors (Lipinski definition) is 3. The van der Waals surface area contributed by atoms with Crippen LogP contribution < -0.4 is 10.6 Å². The molecule has 6 nitrogen and oxygen atoms in total. The van der Waals surface area contributed by atoms with E-state index in [2.05, 4.69) is 27.4 Å². The number of aliphatic imine (C=N–C) groups is 1. The summed E-state index contributed by atoms with van der Waals surface area (Å²) in [6.45, 7) is 10.4. The van der Waals surface area contributed by atoms with Crippen molar-refractivity contribution in [3.63, 3.8) is 0 Å². The molecule has 1 amide bonds. The Hall–Kier alpha value is -1.30. The van der Waals surface area contributed by atoms with Crippen molar-refractivity contribution in [2.45, 2.75) is 58.8 Å². The highest BCUT2D eigenvalue weighted by molar-refractivity contribution is 5.79. The van der Waals surface area contributed by atoms with Gasteiger partial charge in [0.15, 0.2) is 5.96 Å². The summed E-state index contributed by atoms with van der Waals surface area (Å²) < 4.78 is 0. The largest absolute Gasteiger partial charge is 0.356 e. The number of amides is 1. The highest BCUT2D eigenvalue weighted by atomic mass is 16.2. The molecule has 0 spiro atoms. The molecule has 6 heteroatoms. The molecule has 0 saturated carbocycles. The summed E-state index contributed by atoms with van der Waals surface area (Å²) in [7, 11) is 1.83. The van der Waals surface area contributed by atoms with E-state index < -0.39 is 0 Å². The van der Waals surface area contributed by atoms with Crippen LogP contribution in [0.1, 0.15) is 58.8 Å². The smallest absolute Gasteiger partial charge is 0.219 e. The second-order valence-corrected chi connectivity index (χ2v) is 6.89. The molecule has 1 fully saturated rings.